The van der Waals surface area contributed by atoms with Crippen LogP contribution in [0.3, 0.4) is 0 Å². The summed E-state index contributed by atoms with van der Waals surface area (Å²) in [6.07, 6.45) is 1.54. The van der Waals surface area contributed by atoms with Crippen LogP contribution in [0, 0.1) is 0 Å². The third kappa shape index (κ3) is 4.91. The number of esters is 1. The number of thiophene rings is 1. The first kappa shape index (κ1) is 22.9. The van der Waals surface area contributed by atoms with Crippen molar-refractivity contribution in [2.45, 2.75) is 33.2 Å². The van der Waals surface area contributed by atoms with Crippen LogP contribution >= 0.6 is 34.5 Å². The zero-order chi connectivity index (χ0) is 21.8. The monoisotopic (exact) mass is 470 g/mol. The van der Waals surface area contributed by atoms with Crippen molar-refractivity contribution in [1.82, 2.24) is 4.90 Å². The van der Waals surface area contributed by atoms with Gasteiger partial charge in [-0.05, 0) is 44.5 Å². The summed E-state index contributed by atoms with van der Waals surface area (Å²) in [7, 11) is 2.02. The number of fused-ring (bicyclic) bond motifs is 1. The molecule has 0 saturated heterocycles. The molecule has 0 bridgehead atoms. The van der Waals surface area contributed by atoms with Crippen molar-refractivity contribution < 1.29 is 19.1 Å². The second kappa shape index (κ2) is 10.0. The Hall–Kier alpha value is -1.80. The highest BCUT2D eigenvalue weighted by Crippen LogP contribution is 2.38. The zero-order valence-corrected chi connectivity index (χ0v) is 19.5. The predicted molar refractivity (Wildman–Crippen MR) is 121 cm³/mol. The molecule has 6 nitrogen and oxygen atoms in total. The Morgan fingerprint density at radius 2 is 1.93 bits per heavy atom. The molecule has 1 aliphatic heterocycles. The van der Waals surface area contributed by atoms with Crippen molar-refractivity contribution >= 4 is 51.4 Å². The lowest BCUT2D eigenvalue weighted by Crippen LogP contribution is -2.26. The van der Waals surface area contributed by atoms with Crippen molar-refractivity contribution in [3.8, 4) is 5.75 Å². The second-order valence-corrected chi connectivity index (χ2v) is 8.91. The molecular weight excluding hydrogens is 447 g/mol. The lowest BCUT2D eigenvalue weighted by atomic mass is 10.0. The minimum absolute atomic E-state index is 0.263. The molecule has 162 valence electrons. The Balaban J connectivity index is 1.90. The molecule has 0 aliphatic carbocycles. The summed E-state index contributed by atoms with van der Waals surface area (Å²) < 4.78 is 10.8. The van der Waals surface area contributed by atoms with Gasteiger partial charge in [-0.15, -0.1) is 11.3 Å². The maximum absolute atomic E-state index is 12.9. The standard InChI is InChI=1S/C21H24Cl2N2O4S/c1-4-8-29-18-14(22)9-12(10-15(18)23)19(26)24-20-17(21(27)28-5-2)13-6-7-25(3)11-16(13)30-20/h9-10H,4-8,11H2,1-3H3,(H,24,26). The number of hydrogen-bond acceptors (Lipinski definition) is 6. The summed E-state index contributed by atoms with van der Waals surface area (Å²) in [6.45, 7) is 6.04. The van der Waals surface area contributed by atoms with Gasteiger partial charge in [-0.2, -0.15) is 0 Å². The Bertz CT molecular complexity index is 938. The molecule has 3 rings (SSSR count). The molecule has 2 heterocycles. The summed E-state index contributed by atoms with van der Waals surface area (Å²) in [5.41, 5.74) is 1.68. The highest BCUT2D eigenvalue weighted by molar-refractivity contribution is 7.17. The number of nitrogens with zero attached hydrogens (tertiary/aromatic N) is 1. The number of amides is 1. The van der Waals surface area contributed by atoms with E-state index in [0.717, 1.165) is 36.4 Å². The maximum atomic E-state index is 12.9. The van der Waals surface area contributed by atoms with Gasteiger partial charge in [0.1, 0.15) is 5.00 Å². The average Bonchev–Trinajstić information content (AvgIpc) is 3.04. The van der Waals surface area contributed by atoms with E-state index < -0.39 is 11.9 Å². The van der Waals surface area contributed by atoms with Crippen molar-refractivity contribution in [1.29, 1.82) is 0 Å². The van der Waals surface area contributed by atoms with E-state index in [1.807, 2.05) is 14.0 Å². The maximum Gasteiger partial charge on any atom is 0.341 e. The molecule has 1 aromatic heterocycles. The molecule has 30 heavy (non-hydrogen) atoms. The number of halogens is 2. The number of rotatable bonds is 7. The number of benzene rings is 1. The van der Waals surface area contributed by atoms with Gasteiger partial charge in [-0.1, -0.05) is 30.1 Å². The fraction of sp³-hybridized carbons (Fsp3) is 0.429. The van der Waals surface area contributed by atoms with Crippen molar-refractivity contribution in [2.24, 2.45) is 0 Å². The van der Waals surface area contributed by atoms with Crippen LogP contribution in [-0.2, 0) is 17.7 Å². The molecule has 0 fully saturated rings. The van der Waals surface area contributed by atoms with Crippen molar-refractivity contribution in [3.05, 3.63) is 43.7 Å². The van der Waals surface area contributed by atoms with Crippen LogP contribution in [0.25, 0.3) is 0 Å². The zero-order valence-electron chi connectivity index (χ0n) is 17.1. The third-order valence-corrected chi connectivity index (χ3v) is 6.36. The molecule has 9 heteroatoms. The van der Waals surface area contributed by atoms with E-state index in [2.05, 4.69) is 10.2 Å². The lowest BCUT2D eigenvalue weighted by Gasteiger charge is -2.22. The third-order valence-electron chi connectivity index (χ3n) is 4.67. The largest absolute Gasteiger partial charge is 0.490 e. The van der Waals surface area contributed by atoms with Crippen LogP contribution in [0.5, 0.6) is 5.75 Å². The Kier molecular flexibility index (Phi) is 7.63. The Morgan fingerprint density at radius 3 is 2.57 bits per heavy atom. The van der Waals surface area contributed by atoms with Crippen LogP contribution in [0.15, 0.2) is 12.1 Å². The topological polar surface area (TPSA) is 67.9 Å². The van der Waals surface area contributed by atoms with Crippen LogP contribution < -0.4 is 10.1 Å². The van der Waals surface area contributed by atoms with Gasteiger partial charge in [0.15, 0.2) is 5.75 Å². The van der Waals surface area contributed by atoms with E-state index in [9.17, 15) is 9.59 Å². The molecule has 1 N–H and O–H groups in total. The molecule has 2 aromatic rings. The van der Waals surface area contributed by atoms with Gasteiger partial charge >= 0.3 is 5.97 Å². The highest BCUT2D eigenvalue weighted by Gasteiger charge is 2.29. The number of likely N-dealkylation sites (N-methyl/N-ethyl adjacent to an activating group) is 1. The van der Waals surface area contributed by atoms with Crippen LogP contribution in [0.4, 0.5) is 5.00 Å². The van der Waals surface area contributed by atoms with Gasteiger partial charge in [-0.3, -0.25) is 4.79 Å². The van der Waals surface area contributed by atoms with E-state index in [4.69, 9.17) is 32.7 Å². The summed E-state index contributed by atoms with van der Waals surface area (Å²) in [5, 5.41) is 3.87. The van der Waals surface area contributed by atoms with Crippen LogP contribution in [0.1, 0.15) is 51.4 Å². The molecule has 0 saturated carbocycles. The number of ether oxygens (including phenoxy) is 2. The van der Waals surface area contributed by atoms with Gasteiger partial charge in [-0.25, -0.2) is 4.79 Å². The quantitative estimate of drug-likeness (QED) is 0.558. The van der Waals surface area contributed by atoms with E-state index in [1.54, 1.807) is 6.92 Å². The minimum atomic E-state index is -0.422. The molecule has 0 atom stereocenters. The van der Waals surface area contributed by atoms with Crippen LogP contribution in [-0.4, -0.2) is 43.6 Å². The molecule has 1 aliphatic rings. The fourth-order valence-corrected chi connectivity index (χ4v) is 5.15. The number of nitrogens with one attached hydrogen (secondary N) is 1. The second-order valence-electron chi connectivity index (χ2n) is 6.99. The van der Waals surface area contributed by atoms with Gasteiger partial charge in [0, 0.05) is 23.5 Å². The summed E-state index contributed by atoms with van der Waals surface area (Å²) in [6, 6.07) is 3.03. The van der Waals surface area contributed by atoms with Gasteiger partial charge in [0.05, 0.1) is 28.8 Å². The van der Waals surface area contributed by atoms with Crippen molar-refractivity contribution in [2.75, 3.05) is 32.1 Å². The smallest absolute Gasteiger partial charge is 0.341 e. The van der Waals surface area contributed by atoms with Gasteiger partial charge in [0.25, 0.3) is 5.91 Å². The number of anilines is 1. The minimum Gasteiger partial charge on any atom is -0.490 e. The molecule has 1 amide bonds. The van der Waals surface area contributed by atoms with E-state index >= 15 is 0 Å². The van der Waals surface area contributed by atoms with Gasteiger partial charge < -0.3 is 19.7 Å². The normalized spacial score (nSPS) is 13.6. The number of carbonyl (C=O) groups excluding carboxylic acids is 2. The van der Waals surface area contributed by atoms with Crippen LogP contribution in [0.2, 0.25) is 10.0 Å². The fourth-order valence-electron chi connectivity index (χ4n) is 3.25. The molecule has 0 radical (unpaired) electrons. The molecule has 1 aromatic carbocycles. The number of hydrogen-bond donors (Lipinski definition) is 1. The summed E-state index contributed by atoms with van der Waals surface area (Å²) in [4.78, 5) is 28.8. The Labute approximate surface area is 190 Å². The Morgan fingerprint density at radius 1 is 1.23 bits per heavy atom. The first-order valence-electron chi connectivity index (χ1n) is 9.79. The molecule has 0 unspecified atom stereocenters. The molecular formula is C21H24Cl2N2O4S. The summed E-state index contributed by atoms with van der Waals surface area (Å²) in [5.74, 6) is -0.467. The van der Waals surface area contributed by atoms with E-state index in [0.29, 0.717) is 22.9 Å². The SMILES string of the molecule is CCCOc1c(Cl)cc(C(=O)Nc2sc3c(c2C(=O)OCC)CCN(C)C3)cc1Cl. The highest BCUT2D eigenvalue weighted by atomic mass is 35.5. The molecule has 0 spiro atoms. The van der Waals surface area contributed by atoms with E-state index in [1.165, 1.54) is 23.5 Å². The summed E-state index contributed by atoms with van der Waals surface area (Å²) >= 11 is 13.9. The average molecular weight is 471 g/mol. The first-order valence-corrected chi connectivity index (χ1v) is 11.4. The number of carbonyl (C=O) groups is 2. The van der Waals surface area contributed by atoms with Gasteiger partial charge in [0.2, 0.25) is 0 Å². The lowest BCUT2D eigenvalue weighted by molar-refractivity contribution is 0.0526. The van der Waals surface area contributed by atoms with Crippen molar-refractivity contribution in [3.63, 3.8) is 0 Å². The first-order chi connectivity index (χ1) is 14.3. The van der Waals surface area contributed by atoms with E-state index in [-0.39, 0.29) is 22.2 Å². The predicted octanol–water partition coefficient (Wildman–Crippen LogP) is 5.26.